The van der Waals surface area contributed by atoms with Crippen molar-refractivity contribution < 1.29 is 28.9 Å². The zero-order chi connectivity index (χ0) is 35.8. The molecule has 3 aliphatic heterocycles. The number of para-hydroxylation sites is 1. The highest BCUT2D eigenvalue weighted by Gasteiger charge is 2.33. The molecule has 1 saturated heterocycles. The topological polar surface area (TPSA) is 96.7 Å². The van der Waals surface area contributed by atoms with E-state index in [1.165, 1.54) is 5.56 Å². The van der Waals surface area contributed by atoms with Gasteiger partial charge in [-0.1, -0.05) is 42.5 Å². The molecule has 2 amide bonds. The predicted octanol–water partition coefficient (Wildman–Crippen LogP) is 6.80. The molecule has 4 heterocycles. The first-order valence-corrected chi connectivity index (χ1v) is 17.9. The van der Waals surface area contributed by atoms with Crippen molar-refractivity contribution in [1.29, 1.82) is 0 Å². The van der Waals surface area contributed by atoms with Gasteiger partial charge in [0.1, 0.15) is 5.75 Å². The lowest BCUT2D eigenvalue weighted by molar-refractivity contribution is 0.0364. The van der Waals surface area contributed by atoms with E-state index in [1.54, 1.807) is 35.2 Å². The van der Waals surface area contributed by atoms with Crippen molar-refractivity contribution in [1.82, 2.24) is 14.4 Å². The number of benzene rings is 4. The van der Waals surface area contributed by atoms with Gasteiger partial charge in [-0.05, 0) is 86.0 Å². The van der Waals surface area contributed by atoms with Crippen molar-refractivity contribution >= 4 is 23.2 Å². The highest BCUT2D eigenvalue weighted by molar-refractivity contribution is 6.12. The van der Waals surface area contributed by atoms with Crippen LogP contribution in [0.3, 0.4) is 0 Å². The molecule has 3 aliphatic rings. The summed E-state index contributed by atoms with van der Waals surface area (Å²) in [5.41, 5.74) is 6.93. The van der Waals surface area contributed by atoms with Crippen LogP contribution in [0.2, 0.25) is 0 Å². The van der Waals surface area contributed by atoms with Crippen LogP contribution in [0.25, 0.3) is 11.3 Å². The largest absolute Gasteiger partial charge is 0.508 e. The second-order valence-electron chi connectivity index (χ2n) is 13.6. The quantitative estimate of drug-likeness (QED) is 0.191. The minimum absolute atomic E-state index is 0.0163. The summed E-state index contributed by atoms with van der Waals surface area (Å²) < 4.78 is 19.5. The van der Waals surface area contributed by atoms with E-state index in [9.17, 15) is 14.7 Å². The summed E-state index contributed by atoms with van der Waals surface area (Å²) in [7, 11) is 0. The van der Waals surface area contributed by atoms with Gasteiger partial charge in [0.2, 0.25) is 6.79 Å². The van der Waals surface area contributed by atoms with E-state index in [0.29, 0.717) is 65.9 Å². The molecule has 1 fully saturated rings. The molecule has 8 rings (SSSR count). The molecule has 0 bridgehead atoms. The highest BCUT2D eigenvalue weighted by Crippen LogP contribution is 2.42. The fourth-order valence-electron chi connectivity index (χ4n) is 7.56. The Bertz CT molecular complexity index is 2110. The molecule has 1 atom stereocenters. The lowest BCUT2D eigenvalue weighted by Gasteiger charge is -2.35. The van der Waals surface area contributed by atoms with Crippen LogP contribution in [-0.4, -0.2) is 77.0 Å². The zero-order valence-corrected chi connectivity index (χ0v) is 29.5. The SMILES string of the molecule is Cc1c(C(=O)N(c2ccccc2)c2ccc(O)cc2)cc(-c2cc3c(cc2C(=O)N2Cc4ccccc4C[C@H]2C)OCO3)n1CCN1CCOCC1. The number of aromatic hydroxyl groups is 1. The van der Waals surface area contributed by atoms with E-state index in [4.69, 9.17) is 14.2 Å². The third-order valence-electron chi connectivity index (χ3n) is 10.5. The Labute approximate surface area is 303 Å². The molecular weight excluding hydrogens is 656 g/mol. The number of hydrogen-bond acceptors (Lipinski definition) is 7. The molecule has 1 aromatic heterocycles. The first kappa shape index (κ1) is 33.6. The number of rotatable bonds is 8. The van der Waals surface area contributed by atoms with Crippen LogP contribution >= 0.6 is 0 Å². The Balaban J connectivity index is 1.25. The minimum atomic E-state index is -0.226. The van der Waals surface area contributed by atoms with Crippen LogP contribution in [0.15, 0.2) is 97.1 Å². The number of fused-ring (bicyclic) bond motifs is 2. The molecular formula is C42H42N4O6. The maximum Gasteiger partial charge on any atom is 0.264 e. The molecule has 10 nitrogen and oxygen atoms in total. The standard InChI is InChI=1S/C42H42N4O6/c1-28-22-30-8-6-7-9-31(30)26-45(28)41(48)37-25-40-39(51-27-52-40)24-36(37)38-23-35(29(2)44(38)17-16-43-18-20-50-21-19-43)42(49)46(32-10-4-3-5-11-32)33-12-14-34(47)15-13-33/h3-15,23-25,28,47H,16-22,26-27H2,1-2H3/t28-/m1/s1. The lowest BCUT2D eigenvalue weighted by atomic mass is 9.93. The van der Waals surface area contributed by atoms with E-state index in [2.05, 4.69) is 28.5 Å². The fourth-order valence-corrected chi connectivity index (χ4v) is 7.56. The normalized spacial score (nSPS) is 16.8. The van der Waals surface area contributed by atoms with Crippen molar-refractivity contribution in [2.24, 2.45) is 0 Å². The molecule has 52 heavy (non-hydrogen) atoms. The summed E-state index contributed by atoms with van der Waals surface area (Å²) in [6, 6.07) is 30.0. The molecule has 0 aliphatic carbocycles. The second kappa shape index (κ2) is 14.2. The number of ether oxygens (including phenoxy) is 3. The second-order valence-corrected chi connectivity index (χ2v) is 13.6. The Hall–Kier alpha value is -5.58. The fraction of sp³-hybridized carbons (Fsp3) is 0.286. The summed E-state index contributed by atoms with van der Waals surface area (Å²) in [4.78, 5) is 35.6. The molecule has 0 saturated carbocycles. The van der Waals surface area contributed by atoms with Gasteiger partial charge in [0.05, 0.1) is 30.0 Å². The number of anilines is 2. The Morgan fingerprint density at radius 1 is 0.808 bits per heavy atom. The smallest absolute Gasteiger partial charge is 0.264 e. The maximum atomic E-state index is 14.9. The van der Waals surface area contributed by atoms with Crippen molar-refractivity contribution in [3.8, 4) is 28.5 Å². The number of phenols is 1. The first-order chi connectivity index (χ1) is 25.4. The van der Waals surface area contributed by atoms with Gasteiger partial charge in [0, 0.05) is 61.4 Å². The average Bonchev–Trinajstić information content (AvgIpc) is 3.77. The molecule has 4 aromatic carbocycles. The Kier molecular flexibility index (Phi) is 9.17. The number of morpholine rings is 1. The van der Waals surface area contributed by atoms with Crippen molar-refractivity contribution in [3.63, 3.8) is 0 Å². The zero-order valence-electron chi connectivity index (χ0n) is 29.5. The van der Waals surface area contributed by atoms with Crippen molar-refractivity contribution in [3.05, 3.63) is 125 Å². The predicted molar refractivity (Wildman–Crippen MR) is 198 cm³/mol. The summed E-state index contributed by atoms with van der Waals surface area (Å²) in [5, 5.41) is 10.1. The van der Waals surface area contributed by atoms with Crippen LogP contribution in [0.4, 0.5) is 11.4 Å². The van der Waals surface area contributed by atoms with Crippen LogP contribution in [0.1, 0.15) is 44.5 Å². The molecule has 266 valence electrons. The van der Waals surface area contributed by atoms with E-state index >= 15 is 0 Å². The van der Waals surface area contributed by atoms with Crippen molar-refractivity contribution in [2.45, 2.75) is 39.4 Å². The number of amides is 2. The van der Waals surface area contributed by atoms with Gasteiger partial charge in [-0.15, -0.1) is 0 Å². The van der Waals surface area contributed by atoms with Crippen LogP contribution in [-0.2, 0) is 24.2 Å². The molecule has 0 spiro atoms. The van der Waals surface area contributed by atoms with Gasteiger partial charge >= 0.3 is 0 Å². The van der Waals surface area contributed by atoms with E-state index in [0.717, 1.165) is 43.0 Å². The number of hydrogen-bond donors (Lipinski definition) is 1. The number of carbonyl (C=O) groups is 2. The van der Waals surface area contributed by atoms with Crippen molar-refractivity contribution in [2.75, 3.05) is 44.5 Å². The average molecular weight is 699 g/mol. The Morgan fingerprint density at radius 3 is 2.23 bits per heavy atom. The highest BCUT2D eigenvalue weighted by atomic mass is 16.7. The van der Waals surface area contributed by atoms with Gasteiger partial charge in [0.25, 0.3) is 11.8 Å². The summed E-state index contributed by atoms with van der Waals surface area (Å²) >= 11 is 0. The van der Waals surface area contributed by atoms with E-state index in [1.807, 2.05) is 66.4 Å². The number of carbonyl (C=O) groups excluding carboxylic acids is 2. The monoisotopic (exact) mass is 698 g/mol. The van der Waals surface area contributed by atoms with Gasteiger partial charge in [-0.3, -0.25) is 19.4 Å². The van der Waals surface area contributed by atoms with Crippen LogP contribution in [0.5, 0.6) is 17.2 Å². The third kappa shape index (κ3) is 6.40. The van der Waals surface area contributed by atoms with E-state index < -0.39 is 0 Å². The summed E-state index contributed by atoms with van der Waals surface area (Å²) in [5.74, 6) is 0.875. The number of nitrogens with zero attached hydrogens (tertiary/aromatic N) is 4. The molecule has 5 aromatic rings. The summed E-state index contributed by atoms with van der Waals surface area (Å²) in [6.45, 7) is 8.97. The molecule has 10 heteroatoms. The third-order valence-corrected chi connectivity index (χ3v) is 10.5. The van der Waals surface area contributed by atoms with Gasteiger partial charge in [0.15, 0.2) is 11.5 Å². The molecule has 0 unspecified atom stereocenters. The minimum Gasteiger partial charge on any atom is -0.508 e. The molecule has 0 radical (unpaired) electrons. The lowest BCUT2D eigenvalue weighted by Crippen LogP contribution is -2.42. The maximum absolute atomic E-state index is 14.9. The Morgan fingerprint density at radius 2 is 1.48 bits per heavy atom. The summed E-state index contributed by atoms with van der Waals surface area (Å²) in [6.07, 6.45) is 0.766. The number of phenolic OH excluding ortho intramolecular Hbond substituents is 1. The van der Waals surface area contributed by atoms with Crippen LogP contribution < -0.4 is 14.4 Å². The van der Waals surface area contributed by atoms with Gasteiger partial charge in [-0.25, -0.2) is 0 Å². The number of aromatic nitrogens is 1. The van der Waals surface area contributed by atoms with Gasteiger partial charge < -0.3 is 28.8 Å². The van der Waals surface area contributed by atoms with Crippen LogP contribution in [0, 0.1) is 6.92 Å². The van der Waals surface area contributed by atoms with Gasteiger partial charge in [-0.2, -0.15) is 0 Å². The molecule has 1 N–H and O–H groups in total. The first-order valence-electron chi connectivity index (χ1n) is 17.9. The van der Waals surface area contributed by atoms with E-state index in [-0.39, 0.29) is 30.4 Å².